The maximum atomic E-state index is 13.0. The van der Waals surface area contributed by atoms with Crippen molar-refractivity contribution in [3.8, 4) is 5.69 Å². The molecule has 3 rings (SSSR count). The first-order valence-corrected chi connectivity index (χ1v) is 8.84. The number of halogens is 1. The molecule has 1 N–H and O–H groups in total. The van der Waals surface area contributed by atoms with Crippen molar-refractivity contribution in [1.82, 2.24) is 14.8 Å². The van der Waals surface area contributed by atoms with Crippen LogP contribution < -0.4 is 5.32 Å². The van der Waals surface area contributed by atoms with E-state index in [1.807, 2.05) is 34.9 Å². The number of aromatic nitrogens is 3. The molecular weight excluding hydrogens is 355 g/mol. The minimum Gasteiger partial charge on any atom is -0.468 e. The summed E-state index contributed by atoms with van der Waals surface area (Å²) in [5, 5.41) is 12.2. The predicted molar refractivity (Wildman–Crippen MR) is 97.8 cm³/mol. The number of esters is 1. The van der Waals surface area contributed by atoms with Crippen LogP contribution in [0.25, 0.3) is 5.69 Å². The summed E-state index contributed by atoms with van der Waals surface area (Å²) in [6, 6.07) is 15.7. The zero-order valence-corrected chi connectivity index (χ0v) is 14.9. The van der Waals surface area contributed by atoms with Crippen LogP contribution in [0.15, 0.2) is 59.8 Å². The number of hydrogen-bond acceptors (Lipinski definition) is 6. The summed E-state index contributed by atoms with van der Waals surface area (Å²) in [5.41, 5.74) is 1.67. The quantitative estimate of drug-likeness (QED) is 0.507. The monoisotopic (exact) mass is 372 g/mol. The van der Waals surface area contributed by atoms with E-state index in [0.29, 0.717) is 17.5 Å². The van der Waals surface area contributed by atoms with Gasteiger partial charge < -0.3 is 10.1 Å². The number of para-hydroxylation sites is 1. The lowest BCUT2D eigenvalue weighted by atomic mass is 10.3. The average Bonchev–Trinajstić information content (AvgIpc) is 3.09. The number of benzene rings is 2. The first-order chi connectivity index (χ1) is 12.7. The van der Waals surface area contributed by atoms with Crippen LogP contribution in [0.5, 0.6) is 0 Å². The van der Waals surface area contributed by atoms with E-state index in [9.17, 15) is 9.18 Å². The Morgan fingerprint density at radius 3 is 2.58 bits per heavy atom. The second-order valence-electron chi connectivity index (χ2n) is 5.30. The largest absolute Gasteiger partial charge is 0.468 e. The molecular formula is C18H17FN4O2S. The van der Waals surface area contributed by atoms with Gasteiger partial charge in [0.25, 0.3) is 0 Å². The van der Waals surface area contributed by atoms with Gasteiger partial charge in [0, 0.05) is 11.4 Å². The van der Waals surface area contributed by atoms with Crippen LogP contribution in [0.3, 0.4) is 0 Å². The van der Waals surface area contributed by atoms with Gasteiger partial charge in [-0.25, -0.2) is 4.39 Å². The predicted octanol–water partition coefficient (Wildman–Crippen LogP) is 3.28. The molecule has 0 bridgehead atoms. The van der Waals surface area contributed by atoms with Gasteiger partial charge in [0.05, 0.1) is 19.4 Å². The molecule has 0 aliphatic carbocycles. The normalized spacial score (nSPS) is 10.5. The van der Waals surface area contributed by atoms with Crippen molar-refractivity contribution in [2.75, 3.05) is 18.2 Å². The lowest BCUT2D eigenvalue weighted by Crippen LogP contribution is -2.09. The molecule has 0 aliphatic heterocycles. The molecule has 0 saturated heterocycles. The first-order valence-electron chi connectivity index (χ1n) is 7.86. The topological polar surface area (TPSA) is 69.0 Å². The third-order valence-corrected chi connectivity index (χ3v) is 4.46. The molecule has 1 heterocycles. The standard InChI is InChI=1S/C18H17FN4O2S/c1-25-17(24)12-26-18-22-21-16(23(18)15-5-3-2-4-6-15)11-20-14-9-7-13(19)8-10-14/h2-10,20H,11-12H2,1H3. The van der Waals surface area contributed by atoms with Crippen LogP contribution >= 0.6 is 11.8 Å². The van der Waals surface area contributed by atoms with Gasteiger partial charge in [0.15, 0.2) is 11.0 Å². The number of nitrogens with one attached hydrogen (secondary N) is 1. The summed E-state index contributed by atoms with van der Waals surface area (Å²) in [7, 11) is 1.35. The highest BCUT2D eigenvalue weighted by atomic mass is 32.2. The summed E-state index contributed by atoms with van der Waals surface area (Å²) < 4.78 is 19.6. The number of ether oxygens (including phenoxy) is 1. The Morgan fingerprint density at radius 1 is 1.15 bits per heavy atom. The van der Waals surface area contributed by atoms with Crippen LogP contribution in [0.1, 0.15) is 5.82 Å². The molecule has 0 fully saturated rings. The molecule has 26 heavy (non-hydrogen) atoms. The van der Waals surface area contributed by atoms with E-state index in [1.165, 1.54) is 31.0 Å². The third kappa shape index (κ3) is 4.40. The van der Waals surface area contributed by atoms with Gasteiger partial charge >= 0.3 is 5.97 Å². The van der Waals surface area contributed by atoms with Crippen LogP contribution in [-0.4, -0.2) is 33.6 Å². The molecule has 0 atom stereocenters. The maximum Gasteiger partial charge on any atom is 0.316 e. The SMILES string of the molecule is COC(=O)CSc1nnc(CNc2ccc(F)cc2)n1-c1ccccc1. The first kappa shape index (κ1) is 17.9. The van der Waals surface area contributed by atoms with Crippen LogP contribution in [0, 0.1) is 5.82 Å². The zero-order chi connectivity index (χ0) is 18.4. The van der Waals surface area contributed by atoms with Crippen LogP contribution in [0.2, 0.25) is 0 Å². The van der Waals surface area contributed by atoms with Crippen molar-refractivity contribution >= 4 is 23.4 Å². The van der Waals surface area contributed by atoms with Crippen molar-refractivity contribution in [3.63, 3.8) is 0 Å². The molecule has 1 aromatic heterocycles. The number of thioether (sulfide) groups is 1. The van der Waals surface area contributed by atoms with Crippen LogP contribution in [-0.2, 0) is 16.1 Å². The van der Waals surface area contributed by atoms with E-state index in [2.05, 4.69) is 20.3 Å². The van der Waals surface area contributed by atoms with E-state index >= 15 is 0 Å². The van der Waals surface area contributed by atoms with E-state index in [4.69, 9.17) is 0 Å². The van der Waals surface area contributed by atoms with Crippen molar-refractivity contribution in [2.45, 2.75) is 11.7 Å². The van der Waals surface area contributed by atoms with Gasteiger partial charge in [0.1, 0.15) is 5.82 Å². The molecule has 3 aromatic rings. The number of anilines is 1. The summed E-state index contributed by atoms with van der Waals surface area (Å²) in [6.45, 7) is 0.395. The molecule has 0 saturated carbocycles. The minimum absolute atomic E-state index is 0.146. The number of hydrogen-bond donors (Lipinski definition) is 1. The van der Waals surface area contributed by atoms with Gasteiger partial charge in [-0.15, -0.1) is 10.2 Å². The summed E-state index contributed by atoms with van der Waals surface area (Å²) >= 11 is 1.26. The number of carbonyl (C=O) groups is 1. The Hall–Kier alpha value is -2.87. The molecule has 0 amide bonds. The molecule has 8 heteroatoms. The molecule has 0 aliphatic rings. The second-order valence-corrected chi connectivity index (χ2v) is 6.24. The van der Waals surface area contributed by atoms with E-state index in [-0.39, 0.29) is 17.5 Å². The molecule has 6 nitrogen and oxygen atoms in total. The summed E-state index contributed by atoms with van der Waals surface area (Å²) in [4.78, 5) is 11.4. The maximum absolute atomic E-state index is 13.0. The highest BCUT2D eigenvalue weighted by Gasteiger charge is 2.15. The number of carbonyl (C=O) groups excluding carboxylic acids is 1. The van der Waals surface area contributed by atoms with E-state index in [0.717, 1.165) is 11.4 Å². The van der Waals surface area contributed by atoms with Gasteiger partial charge in [-0.1, -0.05) is 30.0 Å². The second kappa shape index (κ2) is 8.48. The molecule has 0 unspecified atom stereocenters. The third-order valence-electron chi connectivity index (χ3n) is 3.56. The van der Waals surface area contributed by atoms with Crippen molar-refractivity contribution in [1.29, 1.82) is 0 Å². The Balaban J connectivity index is 1.83. The summed E-state index contributed by atoms with van der Waals surface area (Å²) in [6.07, 6.45) is 0. The smallest absolute Gasteiger partial charge is 0.316 e. The lowest BCUT2D eigenvalue weighted by molar-refractivity contribution is -0.137. The average molecular weight is 372 g/mol. The Morgan fingerprint density at radius 2 is 1.88 bits per heavy atom. The van der Waals surface area contributed by atoms with Crippen LogP contribution in [0.4, 0.5) is 10.1 Å². The highest BCUT2D eigenvalue weighted by Crippen LogP contribution is 2.22. The Labute approximate surface area is 154 Å². The van der Waals surface area contributed by atoms with Gasteiger partial charge in [-0.05, 0) is 36.4 Å². The Bertz CT molecular complexity index is 869. The van der Waals surface area contributed by atoms with E-state index in [1.54, 1.807) is 12.1 Å². The molecule has 0 spiro atoms. The molecule has 2 aromatic carbocycles. The fourth-order valence-corrected chi connectivity index (χ4v) is 3.08. The lowest BCUT2D eigenvalue weighted by Gasteiger charge is -2.11. The zero-order valence-electron chi connectivity index (χ0n) is 14.1. The number of methoxy groups -OCH3 is 1. The molecule has 0 radical (unpaired) electrons. The Kier molecular flexibility index (Phi) is 5.85. The fraction of sp³-hybridized carbons (Fsp3) is 0.167. The van der Waals surface area contributed by atoms with Crippen molar-refractivity contribution < 1.29 is 13.9 Å². The summed E-state index contributed by atoms with van der Waals surface area (Å²) in [5.74, 6) is 0.202. The molecule has 134 valence electrons. The number of nitrogens with zero attached hydrogens (tertiary/aromatic N) is 3. The van der Waals surface area contributed by atoms with Crippen molar-refractivity contribution in [3.05, 3.63) is 66.2 Å². The fourth-order valence-electron chi connectivity index (χ4n) is 2.28. The highest BCUT2D eigenvalue weighted by molar-refractivity contribution is 7.99. The van der Waals surface area contributed by atoms with Gasteiger partial charge in [-0.2, -0.15) is 0 Å². The van der Waals surface area contributed by atoms with Gasteiger partial charge in [-0.3, -0.25) is 9.36 Å². The van der Waals surface area contributed by atoms with E-state index < -0.39 is 0 Å². The van der Waals surface area contributed by atoms with Gasteiger partial charge in [0.2, 0.25) is 0 Å². The number of rotatable bonds is 7. The minimum atomic E-state index is -0.330. The van der Waals surface area contributed by atoms with Crippen molar-refractivity contribution in [2.24, 2.45) is 0 Å².